The highest BCUT2D eigenvalue weighted by atomic mass is 79.9. The zero-order valence-corrected chi connectivity index (χ0v) is 14.1. The van der Waals surface area contributed by atoms with Crippen LogP contribution in [0.15, 0.2) is 22.7 Å². The van der Waals surface area contributed by atoms with Gasteiger partial charge >= 0.3 is 0 Å². The molecule has 1 aliphatic rings. The monoisotopic (exact) mass is 337 g/mol. The molecule has 3 heteroatoms. The number of benzene rings is 1. The zero-order valence-electron chi connectivity index (χ0n) is 12.5. The Balaban J connectivity index is 2.18. The average Bonchev–Trinajstić information content (AvgIpc) is 2.64. The van der Waals surface area contributed by atoms with Crippen LogP contribution >= 0.6 is 15.9 Å². The van der Waals surface area contributed by atoms with Gasteiger partial charge in [0, 0.05) is 28.8 Å². The summed E-state index contributed by atoms with van der Waals surface area (Å²) >= 11 is 3.53. The first-order valence-corrected chi connectivity index (χ1v) is 8.46. The van der Waals surface area contributed by atoms with Crippen molar-refractivity contribution in [1.29, 1.82) is 0 Å². The summed E-state index contributed by atoms with van der Waals surface area (Å²) in [7, 11) is 0. The van der Waals surface area contributed by atoms with Gasteiger partial charge in [0.2, 0.25) is 0 Å². The fourth-order valence-corrected chi connectivity index (χ4v) is 3.52. The van der Waals surface area contributed by atoms with E-state index in [-0.39, 0.29) is 5.78 Å². The molecule has 1 saturated heterocycles. The molecule has 20 heavy (non-hydrogen) atoms. The second kappa shape index (κ2) is 7.26. The molecular formula is C17H24BrNO. The molecule has 0 radical (unpaired) electrons. The molecular weight excluding hydrogens is 314 g/mol. The Hall–Kier alpha value is -0.830. The second-order valence-electron chi connectivity index (χ2n) is 5.79. The Bertz CT molecular complexity index is 472. The van der Waals surface area contributed by atoms with E-state index in [4.69, 9.17) is 0 Å². The second-order valence-corrected chi connectivity index (χ2v) is 6.71. The summed E-state index contributed by atoms with van der Waals surface area (Å²) in [5.74, 6) is 1.01. The number of hydrogen-bond donors (Lipinski definition) is 0. The Kier molecular flexibility index (Phi) is 5.64. The molecule has 1 aromatic rings. The topological polar surface area (TPSA) is 20.3 Å². The Morgan fingerprint density at radius 1 is 1.35 bits per heavy atom. The number of halogens is 1. The summed E-state index contributed by atoms with van der Waals surface area (Å²) in [5, 5.41) is 0. The highest BCUT2D eigenvalue weighted by molar-refractivity contribution is 9.10. The smallest absolute Gasteiger partial charge is 0.161 e. The molecule has 1 fully saturated rings. The van der Waals surface area contributed by atoms with E-state index in [1.54, 1.807) is 6.92 Å². The lowest BCUT2D eigenvalue weighted by molar-refractivity contribution is 0.101. The predicted octanol–water partition coefficient (Wildman–Crippen LogP) is 5.06. The van der Waals surface area contributed by atoms with Crippen molar-refractivity contribution in [1.82, 2.24) is 0 Å². The molecule has 0 bridgehead atoms. The van der Waals surface area contributed by atoms with E-state index in [2.05, 4.69) is 33.8 Å². The van der Waals surface area contributed by atoms with E-state index in [9.17, 15) is 4.79 Å². The summed E-state index contributed by atoms with van der Waals surface area (Å²) in [6.45, 7) is 6.06. The first-order chi connectivity index (χ1) is 9.61. The molecule has 0 spiro atoms. The van der Waals surface area contributed by atoms with E-state index in [1.807, 2.05) is 12.1 Å². The molecule has 1 atom stereocenters. The Morgan fingerprint density at radius 3 is 2.85 bits per heavy atom. The van der Waals surface area contributed by atoms with E-state index < -0.39 is 0 Å². The molecule has 1 heterocycles. The van der Waals surface area contributed by atoms with Crippen molar-refractivity contribution in [3.8, 4) is 0 Å². The lowest BCUT2D eigenvalue weighted by Crippen LogP contribution is -2.26. The van der Waals surface area contributed by atoms with Gasteiger partial charge in [0.15, 0.2) is 5.78 Å². The average molecular weight is 338 g/mol. The summed E-state index contributed by atoms with van der Waals surface area (Å²) < 4.78 is 1.05. The number of ketones is 1. The van der Waals surface area contributed by atoms with Gasteiger partial charge in [-0.25, -0.2) is 0 Å². The third kappa shape index (κ3) is 3.85. The Labute approximate surface area is 130 Å². The molecule has 0 aliphatic carbocycles. The van der Waals surface area contributed by atoms with Crippen LogP contribution in [0.1, 0.15) is 56.3 Å². The van der Waals surface area contributed by atoms with E-state index in [0.29, 0.717) is 0 Å². The van der Waals surface area contributed by atoms with Crippen LogP contribution in [0.5, 0.6) is 0 Å². The fraction of sp³-hybridized carbons (Fsp3) is 0.588. The molecule has 1 aromatic carbocycles. The van der Waals surface area contributed by atoms with Crippen LogP contribution in [-0.2, 0) is 0 Å². The van der Waals surface area contributed by atoms with Crippen LogP contribution < -0.4 is 4.90 Å². The van der Waals surface area contributed by atoms with Crippen molar-refractivity contribution in [2.75, 3.05) is 18.0 Å². The van der Waals surface area contributed by atoms with Gasteiger partial charge in [-0.1, -0.05) is 35.7 Å². The molecule has 1 aliphatic heterocycles. The van der Waals surface area contributed by atoms with Crippen LogP contribution in [-0.4, -0.2) is 18.9 Å². The van der Waals surface area contributed by atoms with Crippen molar-refractivity contribution in [2.24, 2.45) is 5.92 Å². The van der Waals surface area contributed by atoms with Crippen molar-refractivity contribution >= 4 is 27.4 Å². The Morgan fingerprint density at radius 2 is 2.15 bits per heavy atom. The maximum Gasteiger partial charge on any atom is 0.161 e. The molecule has 2 nitrogen and oxygen atoms in total. The summed E-state index contributed by atoms with van der Waals surface area (Å²) in [5.41, 5.74) is 1.95. The first kappa shape index (κ1) is 15.6. The number of Topliss-reactive ketones (excluding diaryl/α,β-unsaturated/α-hetero) is 1. The van der Waals surface area contributed by atoms with Gasteiger partial charge in [-0.15, -0.1) is 0 Å². The van der Waals surface area contributed by atoms with Crippen molar-refractivity contribution in [3.05, 3.63) is 28.2 Å². The SMILES string of the molecule is CCCC1CCCN(c2cc(Br)ccc2C(C)=O)CC1. The highest BCUT2D eigenvalue weighted by Gasteiger charge is 2.20. The summed E-state index contributed by atoms with van der Waals surface area (Å²) in [6, 6.07) is 5.99. The summed E-state index contributed by atoms with van der Waals surface area (Å²) in [4.78, 5) is 14.2. The van der Waals surface area contributed by atoms with E-state index in [0.717, 1.165) is 34.7 Å². The molecule has 0 amide bonds. The number of carbonyl (C=O) groups excluding carboxylic acids is 1. The third-order valence-corrected chi connectivity index (χ3v) is 4.72. The predicted molar refractivity (Wildman–Crippen MR) is 88.6 cm³/mol. The lowest BCUT2D eigenvalue weighted by atomic mass is 9.96. The maximum absolute atomic E-state index is 11.8. The largest absolute Gasteiger partial charge is 0.371 e. The van der Waals surface area contributed by atoms with E-state index in [1.165, 1.54) is 32.1 Å². The van der Waals surface area contributed by atoms with Crippen LogP contribution in [0.2, 0.25) is 0 Å². The standard InChI is InChI=1S/C17H24BrNO/c1-3-5-14-6-4-10-19(11-9-14)17-12-15(18)7-8-16(17)13(2)20/h7-8,12,14H,3-6,9-11H2,1-2H3. The van der Waals surface area contributed by atoms with Gasteiger partial charge < -0.3 is 4.90 Å². The molecule has 110 valence electrons. The molecule has 0 saturated carbocycles. The fourth-order valence-electron chi connectivity index (χ4n) is 3.17. The van der Waals surface area contributed by atoms with Crippen molar-refractivity contribution in [3.63, 3.8) is 0 Å². The van der Waals surface area contributed by atoms with Gasteiger partial charge in [-0.2, -0.15) is 0 Å². The van der Waals surface area contributed by atoms with Crippen molar-refractivity contribution in [2.45, 2.75) is 46.0 Å². The summed E-state index contributed by atoms with van der Waals surface area (Å²) in [6.07, 6.45) is 6.42. The number of rotatable bonds is 4. The minimum atomic E-state index is 0.154. The molecule has 0 aromatic heterocycles. The van der Waals surface area contributed by atoms with Gasteiger partial charge in [-0.3, -0.25) is 4.79 Å². The lowest BCUT2D eigenvalue weighted by Gasteiger charge is -2.25. The number of hydrogen-bond acceptors (Lipinski definition) is 2. The maximum atomic E-state index is 11.8. The van der Waals surface area contributed by atoms with Crippen molar-refractivity contribution < 1.29 is 4.79 Å². The van der Waals surface area contributed by atoms with Gasteiger partial charge in [-0.05, 0) is 50.3 Å². The first-order valence-electron chi connectivity index (χ1n) is 7.67. The van der Waals surface area contributed by atoms with Crippen LogP contribution in [0.3, 0.4) is 0 Å². The molecule has 0 N–H and O–H groups in total. The number of carbonyl (C=O) groups is 1. The van der Waals surface area contributed by atoms with Crippen LogP contribution in [0, 0.1) is 5.92 Å². The number of nitrogens with zero attached hydrogens (tertiary/aromatic N) is 1. The van der Waals surface area contributed by atoms with Crippen LogP contribution in [0.25, 0.3) is 0 Å². The zero-order chi connectivity index (χ0) is 14.5. The molecule has 2 rings (SSSR count). The quantitative estimate of drug-likeness (QED) is 0.716. The van der Waals surface area contributed by atoms with E-state index >= 15 is 0 Å². The third-order valence-electron chi connectivity index (χ3n) is 4.22. The van der Waals surface area contributed by atoms with Gasteiger partial charge in [0.25, 0.3) is 0 Å². The molecule has 1 unspecified atom stereocenters. The highest BCUT2D eigenvalue weighted by Crippen LogP contribution is 2.30. The normalized spacial score (nSPS) is 19.8. The van der Waals surface area contributed by atoms with Gasteiger partial charge in [0.1, 0.15) is 0 Å². The van der Waals surface area contributed by atoms with Gasteiger partial charge in [0.05, 0.1) is 0 Å². The minimum Gasteiger partial charge on any atom is -0.371 e. The van der Waals surface area contributed by atoms with Crippen LogP contribution in [0.4, 0.5) is 5.69 Å². The minimum absolute atomic E-state index is 0.154. The number of anilines is 1.